The fourth-order valence-electron chi connectivity index (χ4n) is 5.36. The molecule has 1 aliphatic heterocycles. The van der Waals surface area contributed by atoms with E-state index in [1.165, 1.54) is 7.11 Å². The third kappa shape index (κ3) is 5.33. The zero-order valence-electron chi connectivity index (χ0n) is 22.6. The Balaban J connectivity index is 1.52. The molecular weight excluding hydrogens is 522 g/mol. The lowest BCUT2D eigenvalue weighted by atomic mass is 9.96. The van der Waals surface area contributed by atoms with Crippen molar-refractivity contribution in [2.24, 2.45) is 0 Å². The van der Waals surface area contributed by atoms with Crippen molar-refractivity contribution in [3.05, 3.63) is 113 Å². The van der Waals surface area contributed by atoms with Gasteiger partial charge in [-0.05, 0) is 74.1 Å². The molecule has 0 radical (unpaired) electrons. The average Bonchev–Trinajstić information content (AvgIpc) is 3.46. The molecule has 2 atom stereocenters. The first-order chi connectivity index (χ1) is 19.4. The van der Waals surface area contributed by atoms with Crippen LogP contribution in [0.5, 0.6) is 0 Å². The van der Waals surface area contributed by atoms with Crippen LogP contribution in [0.3, 0.4) is 0 Å². The molecule has 5 rings (SSSR count). The number of nitrogens with one attached hydrogen (secondary N) is 2. The molecule has 0 aliphatic carbocycles. The van der Waals surface area contributed by atoms with Gasteiger partial charge in [0.15, 0.2) is 5.11 Å². The van der Waals surface area contributed by atoms with Gasteiger partial charge in [-0.2, -0.15) is 0 Å². The van der Waals surface area contributed by atoms with Crippen molar-refractivity contribution < 1.29 is 14.3 Å². The zero-order valence-corrected chi connectivity index (χ0v) is 23.4. The Bertz CT molecular complexity index is 1540. The van der Waals surface area contributed by atoms with Gasteiger partial charge in [0.1, 0.15) is 0 Å². The molecule has 1 fully saturated rings. The van der Waals surface area contributed by atoms with Crippen molar-refractivity contribution in [1.82, 2.24) is 19.8 Å². The van der Waals surface area contributed by atoms with E-state index in [0.29, 0.717) is 17.2 Å². The summed E-state index contributed by atoms with van der Waals surface area (Å²) in [5.41, 5.74) is 5.79. The van der Waals surface area contributed by atoms with Crippen LogP contribution in [0.2, 0.25) is 0 Å². The highest BCUT2D eigenvalue weighted by Crippen LogP contribution is 2.41. The van der Waals surface area contributed by atoms with Gasteiger partial charge in [0.25, 0.3) is 0 Å². The van der Waals surface area contributed by atoms with Gasteiger partial charge in [-0.25, -0.2) is 4.79 Å². The monoisotopic (exact) mass is 553 g/mol. The molecule has 2 aromatic heterocycles. The lowest BCUT2D eigenvalue weighted by molar-refractivity contribution is -0.116. The number of carbonyl (C=O) groups is 2. The molecule has 0 saturated carbocycles. The molecule has 2 unspecified atom stereocenters. The van der Waals surface area contributed by atoms with Crippen molar-refractivity contribution in [3.63, 3.8) is 0 Å². The first-order valence-corrected chi connectivity index (χ1v) is 13.5. The minimum Gasteiger partial charge on any atom is -0.465 e. The summed E-state index contributed by atoms with van der Waals surface area (Å²) < 4.78 is 7.12. The van der Waals surface area contributed by atoms with Crippen LogP contribution in [-0.4, -0.2) is 45.1 Å². The van der Waals surface area contributed by atoms with Crippen LogP contribution in [0.25, 0.3) is 5.69 Å². The predicted molar refractivity (Wildman–Crippen MR) is 158 cm³/mol. The number of esters is 1. The van der Waals surface area contributed by atoms with E-state index in [1.807, 2.05) is 80.6 Å². The van der Waals surface area contributed by atoms with Gasteiger partial charge >= 0.3 is 5.97 Å². The molecule has 40 heavy (non-hydrogen) atoms. The van der Waals surface area contributed by atoms with Gasteiger partial charge in [0.05, 0.1) is 36.1 Å². The van der Waals surface area contributed by atoms with Crippen LogP contribution in [0, 0.1) is 13.8 Å². The highest BCUT2D eigenvalue weighted by atomic mass is 32.1. The highest BCUT2D eigenvalue weighted by Gasteiger charge is 2.41. The van der Waals surface area contributed by atoms with E-state index in [-0.39, 0.29) is 24.4 Å². The van der Waals surface area contributed by atoms with E-state index in [9.17, 15) is 9.59 Å². The minimum atomic E-state index is -0.397. The first kappa shape index (κ1) is 27.1. The topological polar surface area (TPSA) is 88.5 Å². The number of methoxy groups -OCH3 is 1. The second-order valence-electron chi connectivity index (χ2n) is 9.65. The SMILES string of the molecule is COC(=O)c1ccccc1-n1c(C)cc(C2C(c3ccccn3)NC(=S)N2CCC(=O)Nc2ccccc2)c1C. The maximum atomic E-state index is 12.8. The van der Waals surface area contributed by atoms with Crippen molar-refractivity contribution in [1.29, 1.82) is 0 Å². The number of rotatable bonds is 8. The first-order valence-electron chi connectivity index (χ1n) is 13.1. The molecule has 0 spiro atoms. The molecule has 2 aromatic carbocycles. The number of hydrogen-bond acceptors (Lipinski definition) is 5. The predicted octanol–water partition coefficient (Wildman–Crippen LogP) is 5.28. The summed E-state index contributed by atoms with van der Waals surface area (Å²) >= 11 is 5.81. The Kier molecular flexibility index (Phi) is 7.93. The molecule has 9 heteroatoms. The van der Waals surface area contributed by atoms with Gasteiger partial charge in [-0.3, -0.25) is 9.78 Å². The number of carbonyl (C=O) groups excluding carboxylic acids is 2. The molecule has 4 aromatic rings. The van der Waals surface area contributed by atoms with Crippen LogP contribution in [0.4, 0.5) is 5.69 Å². The summed E-state index contributed by atoms with van der Waals surface area (Å²) in [5.74, 6) is -0.489. The van der Waals surface area contributed by atoms with Gasteiger partial charge < -0.3 is 24.8 Å². The quantitative estimate of drug-likeness (QED) is 0.227. The summed E-state index contributed by atoms with van der Waals surface area (Å²) in [5, 5.41) is 6.98. The van der Waals surface area contributed by atoms with E-state index < -0.39 is 5.97 Å². The number of hydrogen-bond donors (Lipinski definition) is 2. The van der Waals surface area contributed by atoms with E-state index in [2.05, 4.69) is 31.2 Å². The van der Waals surface area contributed by atoms with Crippen molar-refractivity contribution in [2.45, 2.75) is 32.4 Å². The molecule has 1 saturated heterocycles. The second-order valence-corrected chi connectivity index (χ2v) is 10.0. The lowest BCUT2D eigenvalue weighted by Gasteiger charge is -2.28. The second kappa shape index (κ2) is 11.7. The summed E-state index contributed by atoms with van der Waals surface area (Å²) in [7, 11) is 1.38. The number of thiocarbonyl (C=S) groups is 1. The average molecular weight is 554 g/mol. The Morgan fingerprint density at radius 3 is 2.48 bits per heavy atom. The smallest absolute Gasteiger partial charge is 0.339 e. The Labute approximate surface area is 239 Å². The lowest BCUT2D eigenvalue weighted by Crippen LogP contribution is -2.32. The number of anilines is 1. The van der Waals surface area contributed by atoms with Crippen molar-refractivity contribution >= 4 is 34.9 Å². The number of aryl methyl sites for hydroxylation is 1. The molecule has 0 bridgehead atoms. The Hall–Kier alpha value is -4.50. The van der Waals surface area contributed by atoms with Gasteiger partial charge in [-0.1, -0.05) is 36.4 Å². The Morgan fingerprint density at radius 1 is 1.02 bits per heavy atom. The summed E-state index contributed by atoms with van der Waals surface area (Å²) in [6.07, 6.45) is 2.02. The van der Waals surface area contributed by atoms with E-state index in [1.54, 1.807) is 12.3 Å². The summed E-state index contributed by atoms with van der Waals surface area (Å²) in [4.78, 5) is 32.1. The molecule has 204 valence electrons. The van der Waals surface area contributed by atoms with Crippen molar-refractivity contribution in [2.75, 3.05) is 19.0 Å². The van der Waals surface area contributed by atoms with E-state index in [0.717, 1.165) is 34.0 Å². The number of benzene rings is 2. The normalized spacial score (nSPS) is 16.5. The molecule has 2 N–H and O–H groups in total. The van der Waals surface area contributed by atoms with Crippen LogP contribution in [0.1, 0.15) is 51.5 Å². The highest BCUT2D eigenvalue weighted by molar-refractivity contribution is 7.80. The minimum absolute atomic E-state index is 0.0912. The third-order valence-corrected chi connectivity index (χ3v) is 7.53. The van der Waals surface area contributed by atoms with E-state index >= 15 is 0 Å². The van der Waals surface area contributed by atoms with Crippen LogP contribution >= 0.6 is 12.2 Å². The van der Waals surface area contributed by atoms with Crippen molar-refractivity contribution in [3.8, 4) is 5.69 Å². The largest absolute Gasteiger partial charge is 0.465 e. The molecular formula is C31H31N5O3S. The maximum Gasteiger partial charge on any atom is 0.339 e. The van der Waals surface area contributed by atoms with Gasteiger partial charge in [-0.15, -0.1) is 0 Å². The molecule has 1 aliphatic rings. The number of amides is 1. The van der Waals surface area contributed by atoms with E-state index in [4.69, 9.17) is 17.0 Å². The molecule has 8 nitrogen and oxygen atoms in total. The number of ether oxygens (including phenoxy) is 1. The Morgan fingerprint density at radius 2 is 1.75 bits per heavy atom. The number of pyridine rings is 1. The van der Waals surface area contributed by atoms with Crippen LogP contribution in [0.15, 0.2) is 85.1 Å². The van der Waals surface area contributed by atoms with Gasteiger partial charge in [0, 0.05) is 36.2 Å². The molecule has 3 heterocycles. The third-order valence-electron chi connectivity index (χ3n) is 7.17. The fraction of sp³-hybridized carbons (Fsp3) is 0.226. The summed E-state index contributed by atoms with van der Waals surface area (Å²) in [6.45, 7) is 4.47. The number of nitrogens with zero attached hydrogens (tertiary/aromatic N) is 3. The van der Waals surface area contributed by atoms with Crippen LogP contribution in [-0.2, 0) is 9.53 Å². The van der Waals surface area contributed by atoms with Crippen LogP contribution < -0.4 is 10.6 Å². The molecule has 1 amide bonds. The maximum absolute atomic E-state index is 12.8. The van der Waals surface area contributed by atoms with Gasteiger partial charge in [0.2, 0.25) is 5.91 Å². The standard InChI is InChI=1S/C31H31N5O3S/c1-20-19-24(21(2)36(20)26-15-8-7-13-23(26)30(38)39-3)29-28(25-14-9-10-17-32-25)34-31(40)35(29)18-16-27(37)33-22-11-5-4-6-12-22/h4-15,17,19,28-29H,16,18H2,1-3H3,(H,33,37)(H,34,40). The zero-order chi connectivity index (χ0) is 28.2. The number of aromatic nitrogens is 2. The summed E-state index contributed by atoms with van der Waals surface area (Å²) in [6, 6.07) is 24.3. The fourth-order valence-corrected chi connectivity index (χ4v) is 5.69. The number of para-hydroxylation sites is 2.